The predicted molar refractivity (Wildman–Crippen MR) is 67.7 cm³/mol. The number of esters is 1. The highest BCUT2D eigenvalue weighted by Gasteiger charge is 2.27. The molecule has 0 fully saturated rings. The Hall–Kier alpha value is -1.83. The van der Waals surface area contributed by atoms with E-state index >= 15 is 0 Å². The van der Waals surface area contributed by atoms with Gasteiger partial charge in [-0.3, -0.25) is 4.79 Å². The van der Waals surface area contributed by atoms with Gasteiger partial charge in [0.15, 0.2) is 6.73 Å². The molecule has 0 spiro atoms. The van der Waals surface area contributed by atoms with Crippen LogP contribution in [0.15, 0.2) is 5.16 Å². The van der Waals surface area contributed by atoms with Crippen LogP contribution in [0.4, 0.5) is 0 Å². The van der Waals surface area contributed by atoms with Gasteiger partial charge < -0.3 is 25.7 Å². The van der Waals surface area contributed by atoms with Crippen molar-refractivity contribution in [3.8, 4) is 0 Å². The van der Waals surface area contributed by atoms with Crippen molar-refractivity contribution in [2.75, 3.05) is 13.3 Å². The van der Waals surface area contributed by atoms with Gasteiger partial charge in [0, 0.05) is 6.92 Å². The van der Waals surface area contributed by atoms with Gasteiger partial charge in [0.25, 0.3) is 0 Å². The van der Waals surface area contributed by atoms with Crippen LogP contribution in [0.5, 0.6) is 0 Å². The first kappa shape index (κ1) is 17.2. The summed E-state index contributed by atoms with van der Waals surface area (Å²) >= 11 is 0. The zero-order valence-corrected chi connectivity index (χ0v) is 11.2. The number of oxime groups is 1. The fourth-order valence-electron chi connectivity index (χ4n) is 1.52. The maximum atomic E-state index is 11.3. The molecule has 0 aliphatic heterocycles. The van der Waals surface area contributed by atoms with Gasteiger partial charge in [0.1, 0.15) is 11.9 Å². The summed E-state index contributed by atoms with van der Waals surface area (Å²) < 4.78 is 4.77. The van der Waals surface area contributed by atoms with Gasteiger partial charge in [-0.2, -0.15) is 0 Å². The first-order valence-electron chi connectivity index (χ1n) is 5.95. The highest BCUT2D eigenvalue weighted by Crippen LogP contribution is 2.11. The van der Waals surface area contributed by atoms with Crippen molar-refractivity contribution in [1.29, 1.82) is 0 Å². The maximum absolute atomic E-state index is 11.3. The monoisotopic (exact) mass is 275 g/mol. The molecular weight excluding hydrogens is 254 g/mol. The van der Waals surface area contributed by atoms with Crippen molar-refractivity contribution in [3.63, 3.8) is 0 Å². The molecule has 0 bridgehead atoms. The second-order valence-corrected chi connectivity index (χ2v) is 4.02. The predicted octanol–water partition coefficient (Wildman–Crippen LogP) is 0.199. The van der Waals surface area contributed by atoms with Gasteiger partial charge in [-0.05, 0) is 32.7 Å². The summed E-state index contributed by atoms with van der Waals surface area (Å²) in [4.78, 5) is 23.3. The highest BCUT2D eigenvalue weighted by atomic mass is 16.5. The van der Waals surface area contributed by atoms with Crippen molar-refractivity contribution in [1.82, 2.24) is 4.90 Å². The van der Waals surface area contributed by atoms with Crippen LogP contribution in [0, 0.1) is 0 Å². The molecule has 0 aliphatic rings. The molecule has 0 amide bonds. The Labute approximate surface area is 111 Å². The Morgan fingerprint density at radius 2 is 2.00 bits per heavy atom. The lowest BCUT2D eigenvalue weighted by molar-refractivity contribution is -0.151. The lowest BCUT2D eigenvalue weighted by Gasteiger charge is -2.28. The van der Waals surface area contributed by atoms with Crippen molar-refractivity contribution in [2.45, 2.75) is 39.2 Å². The molecule has 0 aromatic heterocycles. The Bertz CT molecular complexity index is 332. The number of nitrogens with zero attached hydrogens (tertiary/aromatic N) is 2. The molecular formula is C11H21N3O5. The fraction of sp³-hybridized carbons (Fsp3) is 0.727. The number of rotatable bonds is 8. The minimum atomic E-state index is -1.08. The maximum Gasteiger partial charge on any atom is 0.326 e. The van der Waals surface area contributed by atoms with Crippen molar-refractivity contribution in [2.24, 2.45) is 10.9 Å². The quantitative estimate of drug-likeness (QED) is 0.110. The molecule has 110 valence electrons. The summed E-state index contributed by atoms with van der Waals surface area (Å²) in [6.07, 6.45) is 1.63. The average molecular weight is 275 g/mol. The lowest BCUT2D eigenvalue weighted by atomic mass is 10.1. The molecule has 19 heavy (non-hydrogen) atoms. The summed E-state index contributed by atoms with van der Waals surface area (Å²) in [6.45, 7) is 2.85. The lowest BCUT2D eigenvalue weighted by Crippen LogP contribution is -2.45. The molecule has 1 atom stereocenters. The molecule has 0 saturated heterocycles. The van der Waals surface area contributed by atoms with Crippen molar-refractivity contribution >= 4 is 17.8 Å². The molecule has 0 rings (SSSR count). The van der Waals surface area contributed by atoms with E-state index in [0.717, 1.165) is 0 Å². The molecule has 0 aromatic carbocycles. The molecule has 0 radical (unpaired) electrons. The SMILES string of the molecule is CC(=O)OCN(/C(C)=N/O)[C@@H](CCCCN)C(=O)O. The Morgan fingerprint density at radius 3 is 2.42 bits per heavy atom. The number of carbonyl (C=O) groups excluding carboxylic acids is 1. The Morgan fingerprint density at radius 1 is 1.37 bits per heavy atom. The topological polar surface area (TPSA) is 125 Å². The minimum Gasteiger partial charge on any atom is -0.480 e. The van der Waals surface area contributed by atoms with E-state index in [-0.39, 0.29) is 12.6 Å². The van der Waals surface area contributed by atoms with Crippen LogP contribution in [0.1, 0.15) is 33.1 Å². The number of amidine groups is 1. The largest absolute Gasteiger partial charge is 0.480 e. The van der Waals surface area contributed by atoms with Crippen LogP contribution in [-0.4, -0.2) is 52.3 Å². The summed E-state index contributed by atoms with van der Waals surface area (Å²) in [6, 6.07) is -0.929. The second kappa shape index (κ2) is 9.15. The number of unbranched alkanes of at least 4 members (excludes halogenated alkanes) is 1. The molecule has 0 heterocycles. The van der Waals surface area contributed by atoms with E-state index in [1.54, 1.807) is 0 Å². The third-order valence-corrected chi connectivity index (χ3v) is 2.56. The van der Waals surface area contributed by atoms with Gasteiger partial charge in [0.2, 0.25) is 0 Å². The molecule has 4 N–H and O–H groups in total. The standard InChI is InChI=1S/C11H21N3O5/c1-8(13-18)14(7-19-9(2)15)10(11(16)17)5-3-4-6-12/h10,18H,3-7,12H2,1-2H3,(H,16,17)/b13-8+/t10-/m0/s1. The number of hydrogen-bond acceptors (Lipinski definition) is 6. The van der Waals surface area contributed by atoms with Gasteiger partial charge in [-0.1, -0.05) is 5.16 Å². The van der Waals surface area contributed by atoms with Crippen LogP contribution in [0.2, 0.25) is 0 Å². The second-order valence-electron chi connectivity index (χ2n) is 4.02. The Kier molecular flexibility index (Phi) is 8.27. The number of nitrogens with two attached hydrogens (primary N) is 1. The van der Waals surface area contributed by atoms with Gasteiger partial charge >= 0.3 is 11.9 Å². The van der Waals surface area contributed by atoms with Crippen molar-refractivity contribution in [3.05, 3.63) is 0 Å². The van der Waals surface area contributed by atoms with Gasteiger partial charge in [0.05, 0.1) is 0 Å². The zero-order valence-electron chi connectivity index (χ0n) is 11.2. The number of ether oxygens (including phenoxy) is 1. The summed E-state index contributed by atoms with van der Waals surface area (Å²) in [5, 5.41) is 20.9. The minimum absolute atomic E-state index is 0.0707. The molecule has 8 heteroatoms. The number of carboxylic acids is 1. The van der Waals surface area contributed by atoms with Crippen LogP contribution < -0.4 is 5.73 Å². The molecule has 0 saturated carbocycles. The normalized spacial score (nSPS) is 12.9. The van der Waals surface area contributed by atoms with E-state index in [4.69, 9.17) is 15.7 Å². The molecule has 8 nitrogen and oxygen atoms in total. The molecule has 0 unspecified atom stereocenters. The van der Waals surface area contributed by atoms with E-state index in [2.05, 4.69) is 5.16 Å². The smallest absolute Gasteiger partial charge is 0.326 e. The number of aliphatic carboxylic acids is 1. The highest BCUT2D eigenvalue weighted by molar-refractivity contribution is 5.85. The number of carboxylic acid groups (broad SMARTS) is 1. The van der Waals surface area contributed by atoms with E-state index in [0.29, 0.717) is 25.8 Å². The fourth-order valence-corrected chi connectivity index (χ4v) is 1.52. The molecule has 0 aromatic rings. The van der Waals surface area contributed by atoms with E-state index in [1.807, 2.05) is 0 Å². The van der Waals surface area contributed by atoms with Gasteiger partial charge in [-0.15, -0.1) is 0 Å². The van der Waals surface area contributed by atoms with Crippen LogP contribution >= 0.6 is 0 Å². The summed E-state index contributed by atoms with van der Waals surface area (Å²) in [7, 11) is 0. The average Bonchev–Trinajstić information content (AvgIpc) is 2.35. The van der Waals surface area contributed by atoms with E-state index < -0.39 is 18.0 Å². The van der Waals surface area contributed by atoms with Crippen LogP contribution in [0.3, 0.4) is 0 Å². The van der Waals surface area contributed by atoms with E-state index in [9.17, 15) is 14.7 Å². The van der Waals surface area contributed by atoms with Crippen molar-refractivity contribution < 1.29 is 24.6 Å². The first-order valence-corrected chi connectivity index (χ1v) is 5.95. The number of carbonyl (C=O) groups is 2. The zero-order chi connectivity index (χ0) is 14.8. The van der Waals surface area contributed by atoms with Gasteiger partial charge in [-0.25, -0.2) is 4.79 Å². The first-order chi connectivity index (χ1) is 8.93. The van der Waals surface area contributed by atoms with Crippen LogP contribution in [0.25, 0.3) is 0 Å². The number of hydrogen-bond donors (Lipinski definition) is 3. The summed E-state index contributed by atoms with van der Waals surface area (Å²) in [5.41, 5.74) is 5.36. The third kappa shape index (κ3) is 6.61. The molecule has 0 aliphatic carbocycles. The third-order valence-electron chi connectivity index (χ3n) is 2.56. The van der Waals surface area contributed by atoms with Crippen LogP contribution in [-0.2, 0) is 14.3 Å². The van der Waals surface area contributed by atoms with E-state index in [1.165, 1.54) is 18.7 Å². The Balaban J connectivity index is 4.81. The summed E-state index contributed by atoms with van der Waals surface area (Å²) in [5.74, 6) is -1.55.